The average molecular weight is 267 g/mol. The summed E-state index contributed by atoms with van der Waals surface area (Å²) in [6.45, 7) is 7.58. The van der Waals surface area contributed by atoms with Crippen molar-refractivity contribution in [3.8, 4) is 0 Å². The zero-order valence-corrected chi connectivity index (χ0v) is 11.7. The van der Waals surface area contributed by atoms with E-state index in [1.807, 2.05) is 26.0 Å². The summed E-state index contributed by atoms with van der Waals surface area (Å²) < 4.78 is 19.4. The number of ether oxygens (including phenoxy) is 1. The van der Waals surface area contributed by atoms with Crippen LogP contribution in [0.4, 0.5) is 4.39 Å². The maximum Gasteiger partial charge on any atom is 0.127 e. The van der Waals surface area contributed by atoms with Crippen LogP contribution in [-0.4, -0.2) is 42.9 Å². The van der Waals surface area contributed by atoms with Gasteiger partial charge in [-0.15, -0.1) is 0 Å². The molecule has 0 atom stereocenters. The molecule has 1 saturated heterocycles. The third kappa shape index (κ3) is 3.53. The van der Waals surface area contributed by atoms with Crippen molar-refractivity contribution in [2.75, 3.05) is 32.9 Å². The largest absolute Gasteiger partial charge is 0.395 e. The van der Waals surface area contributed by atoms with E-state index in [0.29, 0.717) is 12.1 Å². The van der Waals surface area contributed by atoms with Gasteiger partial charge in [-0.3, -0.25) is 4.90 Å². The molecule has 1 aromatic rings. The molecule has 0 aliphatic carbocycles. The molecule has 1 aromatic carbocycles. The average Bonchev–Trinajstić information content (AvgIpc) is 2.42. The third-order valence-electron chi connectivity index (χ3n) is 3.73. The highest BCUT2D eigenvalue weighted by molar-refractivity contribution is 5.29. The van der Waals surface area contributed by atoms with Crippen LogP contribution in [0.5, 0.6) is 0 Å². The number of hydrogen-bond acceptors (Lipinski definition) is 3. The van der Waals surface area contributed by atoms with Crippen molar-refractivity contribution in [1.82, 2.24) is 4.90 Å². The Morgan fingerprint density at radius 2 is 2.00 bits per heavy atom. The monoisotopic (exact) mass is 267 g/mol. The molecule has 0 unspecified atom stereocenters. The minimum absolute atomic E-state index is 0.00918. The highest BCUT2D eigenvalue weighted by atomic mass is 19.1. The van der Waals surface area contributed by atoms with Gasteiger partial charge >= 0.3 is 0 Å². The van der Waals surface area contributed by atoms with E-state index in [0.717, 1.165) is 31.9 Å². The lowest BCUT2D eigenvalue weighted by molar-refractivity contribution is 0.0337. The molecule has 1 N–H and O–H groups in total. The van der Waals surface area contributed by atoms with E-state index in [1.165, 1.54) is 0 Å². The molecule has 2 rings (SSSR count). The molecule has 0 aromatic heterocycles. The lowest BCUT2D eigenvalue weighted by Gasteiger charge is -2.27. The topological polar surface area (TPSA) is 32.7 Å². The second-order valence-corrected chi connectivity index (χ2v) is 5.74. The molecule has 0 bridgehead atoms. The van der Waals surface area contributed by atoms with Crippen LogP contribution < -0.4 is 0 Å². The van der Waals surface area contributed by atoms with Crippen LogP contribution in [0.1, 0.15) is 25.0 Å². The SMILES string of the molecule is CC(C)(CO)c1ccc(CN2CCOCC2)c(F)c1. The quantitative estimate of drug-likeness (QED) is 0.905. The molecular weight excluding hydrogens is 245 g/mol. The van der Waals surface area contributed by atoms with E-state index >= 15 is 0 Å². The van der Waals surface area contributed by atoms with E-state index in [4.69, 9.17) is 4.74 Å². The molecule has 3 nitrogen and oxygen atoms in total. The van der Waals surface area contributed by atoms with Gasteiger partial charge in [-0.2, -0.15) is 0 Å². The Morgan fingerprint density at radius 3 is 2.58 bits per heavy atom. The Labute approximate surface area is 114 Å². The molecule has 0 radical (unpaired) electrons. The molecule has 1 aliphatic heterocycles. The van der Waals surface area contributed by atoms with E-state index in [2.05, 4.69) is 4.90 Å². The third-order valence-corrected chi connectivity index (χ3v) is 3.73. The molecule has 1 heterocycles. The van der Waals surface area contributed by atoms with Gasteiger partial charge in [0.05, 0.1) is 19.8 Å². The van der Waals surface area contributed by atoms with Gasteiger partial charge in [0.15, 0.2) is 0 Å². The van der Waals surface area contributed by atoms with Gasteiger partial charge in [0.1, 0.15) is 5.82 Å². The fourth-order valence-electron chi connectivity index (χ4n) is 2.19. The fraction of sp³-hybridized carbons (Fsp3) is 0.600. The fourth-order valence-corrected chi connectivity index (χ4v) is 2.19. The van der Waals surface area contributed by atoms with Gasteiger partial charge in [-0.1, -0.05) is 26.0 Å². The zero-order chi connectivity index (χ0) is 13.9. The second-order valence-electron chi connectivity index (χ2n) is 5.74. The molecular formula is C15H22FNO2. The number of rotatable bonds is 4. The number of morpholine rings is 1. The van der Waals surface area contributed by atoms with Crippen molar-refractivity contribution < 1.29 is 14.2 Å². The van der Waals surface area contributed by atoms with Crippen molar-refractivity contribution >= 4 is 0 Å². The summed E-state index contributed by atoms with van der Waals surface area (Å²) in [5, 5.41) is 9.32. The number of nitrogens with zero attached hydrogens (tertiary/aromatic N) is 1. The van der Waals surface area contributed by atoms with Crippen molar-refractivity contribution in [2.45, 2.75) is 25.8 Å². The van der Waals surface area contributed by atoms with Crippen molar-refractivity contribution in [3.05, 3.63) is 35.1 Å². The zero-order valence-electron chi connectivity index (χ0n) is 11.7. The lowest BCUT2D eigenvalue weighted by Crippen LogP contribution is -2.35. The Morgan fingerprint density at radius 1 is 1.32 bits per heavy atom. The van der Waals surface area contributed by atoms with Crippen molar-refractivity contribution in [1.29, 1.82) is 0 Å². The van der Waals surface area contributed by atoms with Gasteiger partial charge < -0.3 is 9.84 Å². The lowest BCUT2D eigenvalue weighted by atomic mass is 9.85. The first-order chi connectivity index (χ1) is 9.03. The number of halogens is 1. The first-order valence-electron chi connectivity index (χ1n) is 6.73. The molecule has 106 valence electrons. The molecule has 1 aliphatic rings. The highest BCUT2D eigenvalue weighted by Crippen LogP contribution is 2.25. The standard InChI is InChI=1S/C15H22FNO2/c1-15(2,11-18)13-4-3-12(14(16)9-13)10-17-5-7-19-8-6-17/h3-4,9,18H,5-8,10-11H2,1-2H3. The smallest absolute Gasteiger partial charge is 0.127 e. The van der Waals surface area contributed by atoms with Gasteiger partial charge in [0.2, 0.25) is 0 Å². The van der Waals surface area contributed by atoms with E-state index < -0.39 is 5.41 Å². The van der Waals surface area contributed by atoms with E-state index in [-0.39, 0.29) is 12.4 Å². The molecule has 0 saturated carbocycles. The number of hydrogen-bond donors (Lipinski definition) is 1. The molecule has 0 amide bonds. The minimum Gasteiger partial charge on any atom is -0.395 e. The van der Waals surface area contributed by atoms with Crippen molar-refractivity contribution in [2.24, 2.45) is 0 Å². The summed E-state index contributed by atoms with van der Waals surface area (Å²) in [5.41, 5.74) is 1.14. The summed E-state index contributed by atoms with van der Waals surface area (Å²) in [4.78, 5) is 2.19. The van der Waals surface area contributed by atoms with E-state index in [9.17, 15) is 9.50 Å². The Kier molecular flexibility index (Phi) is 4.55. The molecule has 1 fully saturated rings. The summed E-state index contributed by atoms with van der Waals surface area (Å²) in [6.07, 6.45) is 0. The maximum atomic E-state index is 14.1. The number of aliphatic hydroxyl groups is 1. The van der Waals surface area contributed by atoms with Crippen LogP contribution in [-0.2, 0) is 16.7 Å². The maximum absolute atomic E-state index is 14.1. The van der Waals surface area contributed by atoms with Crippen LogP contribution in [0.2, 0.25) is 0 Å². The van der Waals surface area contributed by atoms with Crippen LogP contribution >= 0.6 is 0 Å². The summed E-state index contributed by atoms with van der Waals surface area (Å²) in [5.74, 6) is -0.189. The molecule has 19 heavy (non-hydrogen) atoms. The normalized spacial score (nSPS) is 17.7. The Hall–Kier alpha value is -0.970. The summed E-state index contributed by atoms with van der Waals surface area (Å²) >= 11 is 0. The first kappa shape index (κ1) is 14.4. The van der Waals surface area contributed by atoms with Gasteiger partial charge in [-0.25, -0.2) is 4.39 Å². The van der Waals surface area contributed by atoms with Crippen LogP contribution in [0.15, 0.2) is 18.2 Å². The van der Waals surface area contributed by atoms with Gasteiger partial charge in [-0.05, 0) is 11.6 Å². The summed E-state index contributed by atoms with van der Waals surface area (Å²) in [6, 6.07) is 5.29. The number of aliphatic hydroxyl groups excluding tert-OH is 1. The first-order valence-corrected chi connectivity index (χ1v) is 6.73. The Balaban J connectivity index is 2.10. The minimum atomic E-state index is -0.404. The number of benzene rings is 1. The van der Waals surface area contributed by atoms with Crippen LogP contribution in [0.3, 0.4) is 0 Å². The molecule has 4 heteroatoms. The van der Waals surface area contributed by atoms with Gasteiger partial charge in [0.25, 0.3) is 0 Å². The molecule has 0 spiro atoms. The highest BCUT2D eigenvalue weighted by Gasteiger charge is 2.21. The van der Waals surface area contributed by atoms with Gasteiger partial charge in [0, 0.05) is 30.6 Å². The predicted molar refractivity (Wildman–Crippen MR) is 72.6 cm³/mol. The summed E-state index contributed by atoms with van der Waals surface area (Å²) in [7, 11) is 0. The van der Waals surface area contributed by atoms with E-state index in [1.54, 1.807) is 6.07 Å². The Bertz CT molecular complexity index is 428. The van der Waals surface area contributed by atoms with Crippen LogP contribution in [0.25, 0.3) is 0 Å². The second kappa shape index (κ2) is 5.99. The predicted octanol–water partition coefficient (Wildman–Crippen LogP) is 1.93. The van der Waals surface area contributed by atoms with Crippen LogP contribution in [0, 0.1) is 5.82 Å². The van der Waals surface area contributed by atoms with Crippen molar-refractivity contribution in [3.63, 3.8) is 0 Å².